The average molecular weight is 348 g/mol. The van der Waals surface area contributed by atoms with Gasteiger partial charge in [0, 0.05) is 23.2 Å². The van der Waals surface area contributed by atoms with Crippen molar-refractivity contribution in [2.45, 2.75) is 19.8 Å². The Bertz CT molecular complexity index is 554. The van der Waals surface area contributed by atoms with Gasteiger partial charge < -0.3 is 5.73 Å². The number of nitrogens with zero attached hydrogens (tertiary/aromatic N) is 1. The highest BCUT2D eigenvalue weighted by atomic mass is 79.9. The van der Waals surface area contributed by atoms with Crippen molar-refractivity contribution >= 4 is 37.5 Å². The van der Waals surface area contributed by atoms with E-state index in [4.69, 9.17) is 5.73 Å². The largest absolute Gasteiger partial charge is 0.399 e. The summed E-state index contributed by atoms with van der Waals surface area (Å²) in [5.41, 5.74) is 6.67. The van der Waals surface area contributed by atoms with Crippen molar-refractivity contribution in [1.82, 2.24) is 4.31 Å². The fourth-order valence-electron chi connectivity index (χ4n) is 2.05. The van der Waals surface area contributed by atoms with E-state index < -0.39 is 10.2 Å². The maximum absolute atomic E-state index is 12.3. The van der Waals surface area contributed by atoms with E-state index in [0.717, 1.165) is 12.8 Å². The summed E-state index contributed by atoms with van der Waals surface area (Å²) in [5, 5.41) is 0. The molecule has 2 rings (SSSR count). The number of hydrogen-bond acceptors (Lipinski definition) is 3. The first-order valence-corrected chi connectivity index (χ1v) is 8.45. The highest BCUT2D eigenvalue weighted by molar-refractivity contribution is 9.10. The van der Waals surface area contributed by atoms with Gasteiger partial charge in [-0.05, 0) is 52.9 Å². The second-order valence-electron chi connectivity index (χ2n) is 4.93. The van der Waals surface area contributed by atoms with E-state index in [1.165, 1.54) is 4.31 Å². The first kappa shape index (κ1) is 14.6. The molecule has 0 spiro atoms. The number of anilines is 2. The smallest absolute Gasteiger partial charge is 0.301 e. The van der Waals surface area contributed by atoms with Gasteiger partial charge in [-0.3, -0.25) is 4.72 Å². The highest BCUT2D eigenvalue weighted by Gasteiger charge is 2.26. The molecule has 0 radical (unpaired) electrons. The first-order valence-electron chi connectivity index (χ1n) is 6.21. The van der Waals surface area contributed by atoms with Gasteiger partial charge in [0.15, 0.2) is 0 Å². The minimum atomic E-state index is -3.50. The predicted octanol–water partition coefficient (Wildman–Crippen LogP) is 2.42. The molecule has 0 amide bonds. The molecule has 106 valence electrons. The average Bonchev–Trinajstić information content (AvgIpc) is 2.34. The minimum Gasteiger partial charge on any atom is -0.399 e. The van der Waals surface area contributed by atoms with Crippen molar-refractivity contribution in [3.05, 3.63) is 22.7 Å². The third-order valence-corrected chi connectivity index (χ3v) is 5.53. The summed E-state index contributed by atoms with van der Waals surface area (Å²) >= 11 is 3.32. The Morgan fingerprint density at radius 2 is 2.00 bits per heavy atom. The van der Waals surface area contributed by atoms with Crippen LogP contribution >= 0.6 is 15.9 Å². The lowest BCUT2D eigenvalue weighted by atomic mass is 10.0. The van der Waals surface area contributed by atoms with Gasteiger partial charge >= 0.3 is 10.2 Å². The first-order chi connectivity index (χ1) is 8.88. The van der Waals surface area contributed by atoms with Crippen LogP contribution in [-0.4, -0.2) is 25.8 Å². The quantitative estimate of drug-likeness (QED) is 0.824. The zero-order valence-corrected chi connectivity index (χ0v) is 13.2. The fourth-order valence-corrected chi connectivity index (χ4v) is 3.79. The Hall–Kier alpha value is -0.790. The third kappa shape index (κ3) is 3.61. The van der Waals surface area contributed by atoms with Crippen LogP contribution in [0.4, 0.5) is 11.4 Å². The normalized spacial score (nSPS) is 18.4. The molecule has 1 heterocycles. The molecule has 0 unspecified atom stereocenters. The molecule has 7 heteroatoms. The van der Waals surface area contributed by atoms with Gasteiger partial charge in [0.1, 0.15) is 0 Å². The van der Waals surface area contributed by atoms with Crippen LogP contribution in [0.2, 0.25) is 0 Å². The molecule has 5 nitrogen and oxygen atoms in total. The Kier molecular flexibility index (Phi) is 4.37. The summed E-state index contributed by atoms with van der Waals surface area (Å²) < 4.78 is 29.3. The second kappa shape index (κ2) is 5.68. The lowest BCUT2D eigenvalue weighted by Crippen LogP contribution is -2.41. The molecular weight excluding hydrogens is 330 g/mol. The molecule has 1 aromatic rings. The molecule has 19 heavy (non-hydrogen) atoms. The second-order valence-corrected chi connectivity index (χ2v) is 7.45. The summed E-state index contributed by atoms with van der Waals surface area (Å²) in [6, 6.07) is 5.05. The van der Waals surface area contributed by atoms with Crippen molar-refractivity contribution in [1.29, 1.82) is 0 Å². The SMILES string of the molecule is CC1CCN(S(=O)(=O)Nc2cc(N)ccc2Br)CC1. The molecule has 0 saturated carbocycles. The molecular formula is C12H18BrN3O2S. The third-order valence-electron chi connectivity index (χ3n) is 3.31. The summed E-state index contributed by atoms with van der Waals surface area (Å²) in [6.45, 7) is 3.28. The highest BCUT2D eigenvalue weighted by Crippen LogP contribution is 2.27. The van der Waals surface area contributed by atoms with Crippen molar-refractivity contribution in [2.24, 2.45) is 5.92 Å². The molecule has 0 atom stereocenters. The van der Waals surface area contributed by atoms with E-state index in [1.807, 2.05) is 0 Å². The van der Waals surface area contributed by atoms with Gasteiger partial charge in [0.2, 0.25) is 0 Å². The summed E-state index contributed by atoms with van der Waals surface area (Å²) in [4.78, 5) is 0. The lowest BCUT2D eigenvalue weighted by molar-refractivity contribution is 0.289. The maximum Gasteiger partial charge on any atom is 0.301 e. The molecule has 0 aliphatic carbocycles. The van der Waals surface area contributed by atoms with Crippen LogP contribution in [0.3, 0.4) is 0 Å². The lowest BCUT2D eigenvalue weighted by Gasteiger charge is -2.29. The van der Waals surface area contributed by atoms with E-state index in [0.29, 0.717) is 34.9 Å². The Balaban J connectivity index is 2.15. The Morgan fingerprint density at radius 1 is 1.37 bits per heavy atom. The van der Waals surface area contributed by atoms with Gasteiger partial charge in [0.05, 0.1) is 5.69 Å². The molecule has 3 N–H and O–H groups in total. The van der Waals surface area contributed by atoms with Gasteiger partial charge in [0.25, 0.3) is 0 Å². The number of piperidine rings is 1. The van der Waals surface area contributed by atoms with E-state index in [2.05, 4.69) is 27.6 Å². The number of nitrogens with two attached hydrogens (primary N) is 1. The van der Waals surface area contributed by atoms with E-state index in [-0.39, 0.29) is 0 Å². The van der Waals surface area contributed by atoms with Crippen LogP contribution in [0.1, 0.15) is 19.8 Å². The fraction of sp³-hybridized carbons (Fsp3) is 0.500. The molecule has 0 bridgehead atoms. The van der Waals surface area contributed by atoms with Gasteiger partial charge in [-0.25, -0.2) is 0 Å². The number of nitrogens with one attached hydrogen (secondary N) is 1. The van der Waals surface area contributed by atoms with Crippen LogP contribution in [0.15, 0.2) is 22.7 Å². The van der Waals surface area contributed by atoms with Gasteiger partial charge in [-0.15, -0.1) is 0 Å². The monoisotopic (exact) mass is 347 g/mol. The summed E-state index contributed by atoms with van der Waals surface area (Å²) in [6.07, 6.45) is 1.80. The molecule has 0 aromatic heterocycles. The summed E-state index contributed by atoms with van der Waals surface area (Å²) in [5.74, 6) is 0.588. The van der Waals surface area contributed by atoms with Gasteiger partial charge in [-0.2, -0.15) is 12.7 Å². The summed E-state index contributed by atoms with van der Waals surface area (Å²) in [7, 11) is -3.50. The topological polar surface area (TPSA) is 75.4 Å². The molecule has 1 saturated heterocycles. The number of rotatable bonds is 3. The predicted molar refractivity (Wildman–Crippen MR) is 81.1 cm³/mol. The van der Waals surface area contributed by atoms with E-state index in [9.17, 15) is 8.42 Å². The molecule has 1 aromatic carbocycles. The van der Waals surface area contributed by atoms with Crippen LogP contribution in [-0.2, 0) is 10.2 Å². The minimum absolute atomic E-state index is 0.471. The van der Waals surface area contributed by atoms with Crippen LogP contribution in [0.25, 0.3) is 0 Å². The number of benzene rings is 1. The van der Waals surface area contributed by atoms with Crippen LogP contribution in [0.5, 0.6) is 0 Å². The van der Waals surface area contributed by atoms with Crippen molar-refractivity contribution in [3.63, 3.8) is 0 Å². The Morgan fingerprint density at radius 3 is 2.63 bits per heavy atom. The Labute approximate surface area is 122 Å². The molecule has 1 aliphatic heterocycles. The standard InChI is InChI=1S/C12H18BrN3O2S/c1-9-4-6-16(7-5-9)19(17,18)15-12-8-10(14)2-3-11(12)13/h2-3,8-9,15H,4-7,14H2,1H3. The zero-order chi connectivity index (χ0) is 14.0. The van der Waals surface area contributed by atoms with Crippen molar-refractivity contribution in [3.8, 4) is 0 Å². The molecule has 1 fully saturated rings. The zero-order valence-electron chi connectivity index (χ0n) is 10.8. The van der Waals surface area contributed by atoms with Crippen molar-refractivity contribution < 1.29 is 8.42 Å². The van der Waals surface area contributed by atoms with E-state index in [1.54, 1.807) is 18.2 Å². The number of hydrogen-bond donors (Lipinski definition) is 2. The van der Waals surface area contributed by atoms with Crippen LogP contribution < -0.4 is 10.5 Å². The maximum atomic E-state index is 12.3. The van der Waals surface area contributed by atoms with Crippen molar-refractivity contribution in [2.75, 3.05) is 23.5 Å². The number of halogens is 1. The number of nitrogen functional groups attached to an aromatic ring is 1. The van der Waals surface area contributed by atoms with E-state index >= 15 is 0 Å². The molecule has 1 aliphatic rings. The van der Waals surface area contributed by atoms with Crippen LogP contribution in [0, 0.1) is 5.92 Å². The van der Waals surface area contributed by atoms with Gasteiger partial charge in [-0.1, -0.05) is 6.92 Å².